The van der Waals surface area contributed by atoms with Crippen LogP contribution in [0.25, 0.3) is 0 Å². The van der Waals surface area contributed by atoms with E-state index in [9.17, 15) is 4.79 Å². The fourth-order valence-corrected chi connectivity index (χ4v) is 1.99. The van der Waals surface area contributed by atoms with Crippen molar-refractivity contribution in [3.8, 4) is 0 Å². The van der Waals surface area contributed by atoms with Gasteiger partial charge >= 0.3 is 0 Å². The molecule has 1 rings (SSSR count). The molecular formula is C14H24Cl3N3O. The molecule has 21 heavy (non-hydrogen) atoms. The van der Waals surface area contributed by atoms with Crippen LogP contribution in [-0.2, 0) is 4.79 Å². The third-order valence-corrected chi connectivity index (χ3v) is 3.27. The summed E-state index contributed by atoms with van der Waals surface area (Å²) in [5.74, 6) is -0.175. The molecule has 1 atom stereocenters. The van der Waals surface area contributed by atoms with Gasteiger partial charge in [-0.05, 0) is 39.6 Å². The Morgan fingerprint density at radius 2 is 1.86 bits per heavy atom. The number of nitrogens with one attached hydrogen (secondary N) is 1. The lowest BCUT2D eigenvalue weighted by molar-refractivity contribution is -0.125. The minimum absolute atomic E-state index is 0. The predicted octanol–water partition coefficient (Wildman–Crippen LogP) is 2.64. The van der Waals surface area contributed by atoms with Crippen molar-refractivity contribution in [3.63, 3.8) is 0 Å². The molecular weight excluding hydrogens is 333 g/mol. The van der Waals surface area contributed by atoms with E-state index in [1.807, 2.05) is 43.3 Å². The highest BCUT2D eigenvalue weighted by Gasteiger charge is 2.24. The number of rotatable bonds is 5. The van der Waals surface area contributed by atoms with Gasteiger partial charge in [0.05, 0.1) is 11.6 Å². The van der Waals surface area contributed by atoms with Crippen molar-refractivity contribution in [2.45, 2.75) is 25.4 Å². The second-order valence-electron chi connectivity index (χ2n) is 5.43. The molecule has 4 nitrogen and oxygen atoms in total. The Labute approximate surface area is 144 Å². The standard InChI is InChI=1S/C14H22ClN3O.2ClH/c1-14(2,16)13(19)17-9-12(18(3)4)10-7-5-6-8-11(10)15;;/h5-8,12H,9,16H2,1-4H3,(H,17,19);2*1H. The average molecular weight is 357 g/mol. The van der Waals surface area contributed by atoms with E-state index in [1.165, 1.54) is 0 Å². The molecule has 0 bridgehead atoms. The van der Waals surface area contributed by atoms with Gasteiger partial charge in [-0.25, -0.2) is 0 Å². The molecule has 0 heterocycles. The van der Waals surface area contributed by atoms with Crippen LogP contribution < -0.4 is 11.1 Å². The van der Waals surface area contributed by atoms with Gasteiger partial charge in [0, 0.05) is 11.6 Å². The van der Waals surface area contributed by atoms with Gasteiger partial charge in [0.2, 0.25) is 5.91 Å². The maximum Gasteiger partial charge on any atom is 0.239 e. The molecule has 7 heteroatoms. The first kappa shape index (κ1) is 22.8. The van der Waals surface area contributed by atoms with Crippen LogP contribution in [0.2, 0.25) is 5.02 Å². The average Bonchev–Trinajstić information content (AvgIpc) is 2.29. The van der Waals surface area contributed by atoms with Crippen molar-refractivity contribution in [1.29, 1.82) is 0 Å². The van der Waals surface area contributed by atoms with Gasteiger partial charge in [0.1, 0.15) is 0 Å². The molecule has 0 aliphatic carbocycles. The topological polar surface area (TPSA) is 58.4 Å². The second-order valence-corrected chi connectivity index (χ2v) is 5.84. The number of hydrogen-bond donors (Lipinski definition) is 2. The zero-order valence-electron chi connectivity index (χ0n) is 12.7. The van der Waals surface area contributed by atoms with Crippen LogP contribution >= 0.6 is 36.4 Å². The van der Waals surface area contributed by atoms with E-state index < -0.39 is 5.54 Å². The first-order valence-electron chi connectivity index (χ1n) is 6.21. The fourth-order valence-electron chi connectivity index (χ4n) is 1.73. The Hall–Kier alpha value is -0.520. The minimum Gasteiger partial charge on any atom is -0.353 e. The smallest absolute Gasteiger partial charge is 0.239 e. The highest BCUT2D eigenvalue weighted by molar-refractivity contribution is 6.31. The maximum absolute atomic E-state index is 11.8. The van der Waals surface area contributed by atoms with Crippen LogP contribution in [0.3, 0.4) is 0 Å². The third kappa shape index (κ3) is 6.85. The molecule has 1 unspecified atom stereocenters. The van der Waals surface area contributed by atoms with E-state index in [0.29, 0.717) is 11.6 Å². The van der Waals surface area contributed by atoms with E-state index in [-0.39, 0.29) is 36.8 Å². The number of benzene rings is 1. The monoisotopic (exact) mass is 355 g/mol. The van der Waals surface area contributed by atoms with Crippen molar-refractivity contribution in [2.75, 3.05) is 20.6 Å². The van der Waals surface area contributed by atoms with Crippen LogP contribution in [0.5, 0.6) is 0 Å². The summed E-state index contributed by atoms with van der Waals surface area (Å²) in [5, 5.41) is 3.56. The van der Waals surface area contributed by atoms with Gasteiger partial charge in [-0.1, -0.05) is 29.8 Å². The molecule has 0 aliphatic rings. The lowest BCUT2D eigenvalue weighted by Crippen LogP contribution is -2.50. The SMILES string of the molecule is CN(C)C(CNC(=O)C(C)(C)N)c1ccccc1Cl.Cl.Cl. The lowest BCUT2D eigenvalue weighted by Gasteiger charge is -2.27. The number of amides is 1. The molecule has 0 spiro atoms. The first-order chi connectivity index (χ1) is 8.73. The van der Waals surface area contributed by atoms with Crippen molar-refractivity contribution < 1.29 is 4.79 Å². The van der Waals surface area contributed by atoms with Gasteiger partial charge in [-0.3, -0.25) is 4.79 Å². The number of halogens is 3. The van der Waals surface area contributed by atoms with E-state index in [4.69, 9.17) is 17.3 Å². The van der Waals surface area contributed by atoms with Crippen molar-refractivity contribution in [2.24, 2.45) is 5.73 Å². The molecule has 0 saturated heterocycles. The number of carbonyl (C=O) groups excluding carboxylic acids is 1. The van der Waals surface area contributed by atoms with Gasteiger partial charge < -0.3 is 16.0 Å². The Bertz CT molecular complexity index is 447. The van der Waals surface area contributed by atoms with E-state index >= 15 is 0 Å². The Balaban J connectivity index is 0. The van der Waals surface area contributed by atoms with Crippen molar-refractivity contribution in [1.82, 2.24) is 10.2 Å². The molecule has 0 aliphatic heterocycles. The highest BCUT2D eigenvalue weighted by Crippen LogP contribution is 2.25. The summed E-state index contributed by atoms with van der Waals surface area (Å²) in [6.45, 7) is 3.83. The Kier molecular flexibility index (Phi) is 10.3. The second kappa shape index (κ2) is 9.49. The van der Waals surface area contributed by atoms with Crippen LogP contribution in [0.15, 0.2) is 24.3 Å². The summed E-state index contributed by atoms with van der Waals surface area (Å²) in [6.07, 6.45) is 0. The molecule has 0 fully saturated rings. The van der Waals surface area contributed by atoms with Crippen molar-refractivity contribution in [3.05, 3.63) is 34.9 Å². The Morgan fingerprint density at radius 1 is 1.33 bits per heavy atom. The van der Waals surface area contributed by atoms with Gasteiger partial charge in [-0.15, -0.1) is 24.8 Å². The summed E-state index contributed by atoms with van der Waals surface area (Å²) < 4.78 is 0. The summed E-state index contributed by atoms with van der Waals surface area (Å²) in [4.78, 5) is 13.8. The summed E-state index contributed by atoms with van der Waals surface area (Å²) in [7, 11) is 3.90. The third-order valence-electron chi connectivity index (χ3n) is 2.93. The van der Waals surface area contributed by atoms with Gasteiger partial charge in [0.15, 0.2) is 0 Å². The molecule has 0 radical (unpaired) electrons. The number of nitrogens with two attached hydrogens (primary N) is 1. The van der Waals surface area contributed by atoms with Crippen LogP contribution in [0, 0.1) is 0 Å². The van der Waals surface area contributed by atoms with Crippen LogP contribution in [0.1, 0.15) is 25.5 Å². The molecule has 1 amide bonds. The minimum atomic E-state index is -0.878. The summed E-state index contributed by atoms with van der Waals surface area (Å²) >= 11 is 6.20. The normalized spacial score (nSPS) is 12.1. The highest BCUT2D eigenvalue weighted by atomic mass is 35.5. The molecule has 3 N–H and O–H groups in total. The summed E-state index contributed by atoms with van der Waals surface area (Å²) in [6, 6.07) is 7.65. The zero-order valence-corrected chi connectivity index (χ0v) is 15.1. The molecule has 0 saturated carbocycles. The molecule has 122 valence electrons. The number of likely N-dealkylation sites (N-methyl/N-ethyl adjacent to an activating group) is 1. The molecule has 1 aromatic carbocycles. The van der Waals surface area contributed by atoms with Crippen LogP contribution in [-0.4, -0.2) is 37.0 Å². The Morgan fingerprint density at radius 3 is 2.29 bits per heavy atom. The predicted molar refractivity (Wildman–Crippen MR) is 93.7 cm³/mol. The molecule has 1 aromatic rings. The van der Waals surface area contributed by atoms with E-state index in [0.717, 1.165) is 5.56 Å². The van der Waals surface area contributed by atoms with Gasteiger partial charge in [0.25, 0.3) is 0 Å². The lowest BCUT2D eigenvalue weighted by atomic mass is 10.0. The van der Waals surface area contributed by atoms with Gasteiger partial charge in [-0.2, -0.15) is 0 Å². The number of carbonyl (C=O) groups is 1. The van der Waals surface area contributed by atoms with E-state index in [2.05, 4.69) is 5.32 Å². The zero-order chi connectivity index (χ0) is 14.6. The summed E-state index contributed by atoms with van der Waals surface area (Å²) in [5.41, 5.74) is 5.87. The van der Waals surface area contributed by atoms with E-state index in [1.54, 1.807) is 13.8 Å². The maximum atomic E-state index is 11.8. The largest absolute Gasteiger partial charge is 0.353 e. The quantitative estimate of drug-likeness (QED) is 0.852. The number of nitrogens with zero attached hydrogens (tertiary/aromatic N) is 1. The van der Waals surface area contributed by atoms with Crippen LogP contribution in [0.4, 0.5) is 0 Å². The van der Waals surface area contributed by atoms with Crippen molar-refractivity contribution >= 4 is 42.3 Å². The fraction of sp³-hybridized carbons (Fsp3) is 0.500. The molecule has 0 aromatic heterocycles. The first-order valence-corrected chi connectivity index (χ1v) is 6.59. The number of hydrogen-bond acceptors (Lipinski definition) is 3.